The van der Waals surface area contributed by atoms with Gasteiger partial charge in [0.05, 0.1) is 33.4 Å². The average molecular weight is 701 g/mol. The fourth-order valence-corrected chi connectivity index (χ4v) is 8.14. The van der Waals surface area contributed by atoms with Gasteiger partial charge >= 0.3 is 35.8 Å². The predicted molar refractivity (Wildman–Crippen MR) is 192 cm³/mol. The summed E-state index contributed by atoms with van der Waals surface area (Å²) in [6, 6.07) is 11.7. The van der Waals surface area contributed by atoms with Crippen molar-refractivity contribution >= 4 is 89.7 Å². The van der Waals surface area contributed by atoms with E-state index in [0.29, 0.717) is 11.1 Å². The van der Waals surface area contributed by atoms with Crippen LogP contribution in [0.4, 0.5) is 0 Å². The van der Waals surface area contributed by atoms with Gasteiger partial charge in [-0.15, -0.1) is 0 Å². The zero-order chi connectivity index (χ0) is 37.8. The number of benzene rings is 7. The number of fused-ring (bicyclic) bond motifs is 1. The minimum absolute atomic E-state index is 0.0360. The molecule has 0 saturated carbocycles. The van der Waals surface area contributed by atoms with E-state index in [2.05, 4.69) is 0 Å². The van der Waals surface area contributed by atoms with E-state index in [0.717, 1.165) is 6.07 Å². The molecular weight excluding hydrogens is 672 g/mol. The molecule has 0 fully saturated rings. The molecule has 0 atom stereocenters. The van der Waals surface area contributed by atoms with Gasteiger partial charge in [0.15, 0.2) is 0 Å². The first-order chi connectivity index (χ1) is 24.5. The van der Waals surface area contributed by atoms with E-state index in [4.69, 9.17) is 0 Å². The Morgan fingerprint density at radius 1 is 0.423 bits per heavy atom. The van der Waals surface area contributed by atoms with Gasteiger partial charge in [-0.2, -0.15) is 0 Å². The zero-order valence-corrected chi connectivity index (χ0v) is 27.9. The fourth-order valence-electron chi connectivity index (χ4n) is 8.14. The van der Waals surface area contributed by atoms with E-state index < -0.39 is 74.6 Å². The number of hydrogen-bond donors (Lipinski definition) is 6. The molecule has 0 bridgehead atoms. The highest BCUT2D eigenvalue weighted by molar-refractivity contribution is 6.48. The Morgan fingerprint density at radius 3 is 1.44 bits per heavy atom. The summed E-state index contributed by atoms with van der Waals surface area (Å²) in [5, 5.41) is 63.3. The van der Waals surface area contributed by atoms with Crippen LogP contribution in [0, 0.1) is 0 Å². The molecule has 0 aliphatic rings. The largest absolute Gasteiger partial charge is 0.478 e. The SMILES string of the molecule is CC(C)c1cccc(C(C)C)c1-c1c(C(=O)O)c2c(C(=O)O)cc3cccc4c5c(C(=O)O)c(C(=O)O)cc6c(C(=O)O)c(C(=O)O)c1c(c65)c2c34. The van der Waals surface area contributed by atoms with Gasteiger partial charge < -0.3 is 30.6 Å². The number of rotatable bonds is 9. The van der Waals surface area contributed by atoms with Gasteiger partial charge in [0.1, 0.15) is 0 Å². The summed E-state index contributed by atoms with van der Waals surface area (Å²) >= 11 is 0. The van der Waals surface area contributed by atoms with Crippen molar-refractivity contribution < 1.29 is 59.4 Å². The van der Waals surface area contributed by atoms with Crippen molar-refractivity contribution in [3.8, 4) is 11.1 Å². The highest BCUT2D eigenvalue weighted by Gasteiger charge is 2.38. The third kappa shape index (κ3) is 4.33. The summed E-state index contributed by atoms with van der Waals surface area (Å²) in [5.74, 6) is -10.7. The van der Waals surface area contributed by atoms with Crippen LogP contribution in [-0.2, 0) is 0 Å². The maximum absolute atomic E-state index is 13.8. The second kappa shape index (κ2) is 11.4. The molecule has 12 heteroatoms. The van der Waals surface area contributed by atoms with E-state index in [1.807, 2.05) is 27.7 Å². The molecule has 52 heavy (non-hydrogen) atoms. The molecule has 0 spiro atoms. The maximum atomic E-state index is 13.8. The summed E-state index contributed by atoms with van der Waals surface area (Å²) in [6.07, 6.45) is 0. The molecule has 12 nitrogen and oxygen atoms in total. The second-order valence-electron chi connectivity index (χ2n) is 13.4. The Kier molecular flexibility index (Phi) is 7.35. The molecule has 0 unspecified atom stereocenters. The van der Waals surface area contributed by atoms with Crippen LogP contribution in [0.2, 0.25) is 0 Å². The van der Waals surface area contributed by atoms with Crippen LogP contribution in [0.1, 0.15) is 113 Å². The van der Waals surface area contributed by atoms with Crippen molar-refractivity contribution in [2.45, 2.75) is 39.5 Å². The lowest BCUT2D eigenvalue weighted by Gasteiger charge is -2.28. The van der Waals surface area contributed by atoms with Crippen LogP contribution in [0.5, 0.6) is 0 Å². The average Bonchev–Trinajstić information content (AvgIpc) is 3.07. The molecule has 7 aromatic carbocycles. The van der Waals surface area contributed by atoms with Crippen LogP contribution < -0.4 is 0 Å². The monoisotopic (exact) mass is 700 g/mol. The predicted octanol–water partition coefficient (Wildman–Crippen LogP) is 8.43. The number of carboxylic acids is 6. The molecule has 0 amide bonds. The van der Waals surface area contributed by atoms with Crippen molar-refractivity contribution in [1.29, 1.82) is 0 Å². The van der Waals surface area contributed by atoms with Crippen molar-refractivity contribution in [3.05, 3.63) is 93.0 Å². The first-order valence-corrected chi connectivity index (χ1v) is 16.1. The van der Waals surface area contributed by atoms with Crippen molar-refractivity contribution in [2.24, 2.45) is 0 Å². The maximum Gasteiger partial charge on any atom is 0.337 e. The lowest BCUT2D eigenvalue weighted by Crippen LogP contribution is -2.17. The van der Waals surface area contributed by atoms with E-state index >= 15 is 0 Å². The van der Waals surface area contributed by atoms with Crippen molar-refractivity contribution in [3.63, 3.8) is 0 Å². The summed E-state index contributed by atoms with van der Waals surface area (Å²) in [4.78, 5) is 79.5. The number of aromatic carboxylic acids is 6. The summed E-state index contributed by atoms with van der Waals surface area (Å²) in [5.41, 5.74) is -3.12. The minimum Gasteiger partial charge on any atom is -0.478 e. The van der Waals surface area contributed by atoms with Crippen molar-refractivity contribution in [1.82, 2.24) is 0 Å². The number of hydrogen-bond acceptors (Lipinski definition) is 6. The van der Waals surface area contributed by atoms with Crippen LogP contribution in [0.15, 0.2) is 48.5 Å². The lowest BCUT2D eigenvalue weighted by atomic mass is 9.73. The molecule has 0 radical (unpaired) electrons. The molecular formula is C40H28O12. The first kappa shape index (κ1) is 33.7. The van der Waals surface area contributed by atoms with Gasteiger partial charge in [0.25, 0.3) is 0 Å². The molecule has 260 valence electrons. The molecule has 0 aromatic heterocycles. The Labute approximate surface area is 292 Å². The number of carbonyl (C=O) groups is 6. The van der Waals surface area contributed by atoms with Gasteiger partial charge in [-0.25, -0.2) is 28.8 Å². The van der Waals surface area contributed by atoms with Crippen LogP contribution in [-0.4, -0.2) is 66.5 Å². The fraction of sp³-hybridized carbons (Fsp3) is 0.150. The summed E-state index contributed by atoms with van der Waals surface area (Å²) in [7, 11) is 0. The molecule has 0 heterocycles. The Morgan fingerprint density at radius 2 is 0.942 bits per heavy atom. The lowest BCUT2D eigenvalue weighted by molar-refractivity contribution is 0.0652. The quantitative estimate of drug-likeness (QED) is 0.0616. The molecule has 7 aromatic rings. The van der Waals surface area contributed by atoms with Crippen molar-refractivity contribution in [2.75, 3.05) is 0 Å². The molecule has 6 N–H and O–H groups in total. The smallest absolute Gasteiger partial charge is 0.337 e. The van der Waals surface area contributed by atoms with Gasteiger partial charge in [0, 0.05) is 32.5 Å². The normalized spacial score (nSPS) is 12.0. The van der Waals surface area contributed by atoms with Gasteiger partial charge in [-0.3, -0.25) is 0 Å². The third-order valence-corrected chi connectivity index (χ3v) is 9.97. The van der Waals surface area contributed by atoms with E-state index in [9.17, 15) is 59.4 Å². The minimum atomic E-state index is -1.79. The highest BCUT2D eigenvalue weighted by atomic mass is 16.4. The third-order valence-electron chi connectivity index (χ3n) is 9.97. The standard InChI is InChI=1S/C40H28O12/c1-13(2)16-8-6-9-17(14(3)4)23(16)30-32-31-25-19(27(37(45)46)34(32)40(51)52)12-21(36(43)44)28(38(47)48)24(25)18-10-5-7-15-11-20(35(41)42)26(29(31)22(15)18)33(30)39(49)50/h5-14H,1-4H3,(H,41,42)(H,43,44)(H,45,46)(H,47,48)(H,49,50)(H,51,52). The van der Waals surface area contributed by atoms with E-state index in [-0.39, 0.29) is 71.4 Å². The topological polar surface area (TPSA) is 224 Å². The first-order valence-electron chi connectivity index (χ1n) is 16.1. The molecule has 0 aliphatic heterocycles. The summed E-state index contributed by atoms with van der Waals surface area (Å²) in [6.45, 7) is 7.33. The Balaban J connectivity index is 2.08. The second-order valence-corrected chi connectivity index (χ2v) is 13.4. The molecule has 0 aliphatic carbocycles. The zero-order valence-electron chi connectivity index (χ0n) is 27.9. The van der Waals surface area contributed by atoms with Crippen LogP contribution in [0.25, 0.3) is 65.0 Å². The van der Waals surface area contributed by atoms with E-state index in [1.54, 1.807) is 18.2 Å². The number of carboxylic acid groups (broad SMARTS) is 6. The molecule has 0 saturated heterocycles. The van der Waals surface area contributed by atoms with Gasteiger partial charge in [-0.1, -0.05) is 64.1 Å². The van der Waals surface area contributed by atoms with Gasteiger partial charge in [-0.05, 0) is 67.6 Å². The summed E-state index contributed by atoms with van der Waals surface area (Å²) < 4.78 is 0. The van der Waals surface area contributed by atoms with Crippen LogP contribution >= 0.6 is 0 Å². The van der Waals surface area contributed by atoms with Crippen LogP contribution in [0.3, 0.4) is 0 Å². The Bertz CT molecular complexity index is 2780. The highest BCUT2D eigenvalue weighted by Crippen LogP contribution is 2.55. The van der Waals surface area contributed by atoms with Gasteiger partial charge in [0.2, 0.25) is 0 Å². The van der Waals surface area contributed by atoms with E-state index in [1.165, 1.54) is 24.3 Å². The Hall–Kier alpha value is -6.82. The molecule has 7 rings (SSSR count).